The Labute approximate surface area is 164 Å². The number of thiophene rings is 1. The summed E-state index contributed by atoms with van der Waals surface area (Å²) in [6.07, 6.45) is 0. The van der Waals surface area contributed by atoms with E-state index >= 15 is 0 Å². The number of aromatic hydroxyl groups is 1. The van der Waals surface area contributed by atoms with Gasteiger partial charge in [-0.05, 0) is 33.4 Å². The quantitative estimate of drug-likeness (QED) is 0.667. The van der Waals surface area contributed by atoms with Gasteiger partial charge in [0.25, 0.3) is 0 Å². The van der Waals surface area contributed by atoms with Crippen molar-refractivity contribution in [3.8, 4) is 5.75 Å². The third-order valence-corrected chi connectivity index (χ3v) is 5.31. The van der Waals surface area contributed by atoms with Gasteiger partial charge < -0.3 is 10.4 Å². The Morgan fingerprint density at radius 2 is 1.92 bits per heavy atom. The Balaban J connectivity index is 0.00000144. The molecule has 0 amide bonds. The second kappa shape index (κ2) is 9.31. The number of phenols is 1. The summed E-state index contributed by atoms with van der Waals surface area (Å²) in [6, 6.07) is 4.22. The molecular weight excluding hydrogens is 445 g/mol. The molecule has 0 radical (unpaired) electrons. The summed E-state index contributed by atoms with van der Waals surface area (Å²) in [4.78, 5) is 2.94. The van der Waals surface area contributed by atoms with Gasteiger partial charge in [0.05, 0.1) is 16.1 Å². The van der Waals surface area contributed by atoms with E-state index in [1.54, 1.807) is 0 Å². The fourth-order valence-electron chi connectivity index (χ4n) is 2.75. The lowest BCUT2D eigenvalue weighted by Crippen LogP contribution is -2.45. The van der Waals surface area contributed by atoms with Gasteiger partial charge in [0.2, 0.25) is 0 Å². The number of piperazine rings is 1. The van der Waals surface area contributed by atoms with Crippen LogP contribution < -0.4 is 5.32 Å². The summed E-state index contributed by atoms with van der Waals surface area (Å²) in [5, 5.41) is 15.4. The highest BCUT2D eigenvalue weighted by molar-refractivity contribution is 9.10. The minimum atomic E-state index is -0.988. The summed E-state index contributed by atoms with van der Waals surface area (Å²) >= 11 is 4.57. The number of nitrogens with one attached hydrogen (secondary N) is 1. The zero-order valence-electron chi connectivity index (χ0n) is 12.5. The Hall–Kier alpha value is -0.440. The second-order valence-electron chi connectivity index (χ2n) is 5.12. The zero-order chi connectivity index (χ0) is 15.7. The van der Waals surface area contributed by atoms with Gasteiger partial charge in [0.1, 0.15) is 5.75 Å². The van der Waals surface area contributed by atoms with Gasteiger partial charge in [0, 0.05) is 31.1 Å². The van der Waals surface area contributed by atoms with Gasteiger partial charge in [-0.3, -0.25) is 4.90 Å². The summed E-state index contributed by atoms with van der Waals surface area (Å²) in [5.74, 6) is -2.19. The Morgan fingerprint density at radius 1 is 1.25 bits per heavy atom. The van der Waals surface area contributed by atoms with Crippen molar-refractivity contribution in [3.63, 3.8) is 0 Å². The number of benzene rings is 1. The maximum Gasteiger partial charge on any atom is 0.167 e. The van der Waals surface area contributed by atoms with E-state index in [2.05, 4.69) is 26.1 Å². The van der Waals surface area contributed by atoms with Crippen molar-refractivity contribution in [2.24, 2.45) is 0 Å². The van der Waals surface area contributed by atoms with E-state index in [1.165, 1.54) is 11.3 Å². The molecule has 0 saturated carbocycles. The number of hydrogen-bond donors (Lipinski definition) is 2. The fraction of sp³-hybridized carbons (Fsp3) is 0.333. The van der Waals surface area contributed by atoms with Crippen LogP contribution in [-0.4, -0.2) is 36.2 Å². The highest BCUT2D eigenvalue weighted by Crippen LogP contribution is 2.42. The molecule has 1 saturated heterocycles. The first-order valence-corrected chi connectivity index (χ1v) is 8.61. The second-order valence-corrected chi connectivity index (χ2v) is 6.95. The molecule has 0 unspecified atom stereocenters. The molecule has 1 atom stereocenters. The summed E-state index contributed by atoms with van der Waals surface area (Å²) in [7, 11) is 0. The van der Waals surface area contributed by atoms with Gasteiger partial charge in [-0.2, -0.15) is 0 Å². The fourth-order valence-corrected chi connectivity index (χ4v) is 4.03. The maximum atomic E-state index is 14.4. The average molecular weight is 462 g/mol. The van der Waals surface area contributed by atoms with Crippen LogP contribution in [0.25, 0.3) is 0 Å². The van der Waals surface area contributed by atoms with Gasteiger partial charge in [-0.1, -0.05) is 6.07 Å². The van der Waals surface area contributed by atoms with E-state index in [9.17, 15) is 13.9 Å². The lowest BCUT2D eigenvalue weighted by Gasteiger charge is -2.35. The smallest absolute Gasteiger partial charge is 0.167 e. The van der Waals surface area contributed by atoms with Gasteiger partial charge in [-0.25, -0.2) is 8.78 Å². The van der Waals surface area contributed by atoms with Gasteiger partial charge in [-0.15, -0.1) is 36.2 Å². The lowest BCUT2D eigenvalue weighted by atomic mass is 10.0. The number of hydrogen-bond acceptors (Lipinski definition) is 4. The molecule has 0 aliphatic carbocycles. The predicted octanol–water partition coefficient (Wildman–Crippen LogP) is 4.33. The van der Waals surface area contributed by atoms with E-state index in [1.807, 2.05) is 17.5 Å². The Kier molecular flexibility index (Phi) is 8.38. The van der Waals surface area contributed by atoms with Crippen molar-refractivity contribution < 1.29 is 13.9 Å². The molecule has 0 spiro atoms. The normalized spacial score (nSPS) is 16.1. The molecule has 2 heterocycles. The number of halogens is 5. The van der Waals surface area contributed by atoms with Gasteiger partial charge >= 0.3 is 0 Å². The Bertz CT molecular complexity index is 644. The third-order valence-electron chi connectivity index (χ3n) is 3.78. The molecule has 2 N–H and O–H groups in total. The van der Waals surface area contributed by atoms with Crippen LogP contribution in [0.4, 0.5) is 8.78 Å². The van der Waals surface area contributed by atoms with Crippen LogP contribution in [0.5, 0.6) is 5.75 Å². The van der Waals surface area contributed by atoms with Crippen LogP contribution in [0.3, 0.4) is 0 Å². The molecule has 2 aromatic rings. The first kappa shape index (κ1) is 21.6. The first-order chi connectivity index (χ1) is 10.6. The van der Waals surface area contributed by atoms with E-state index in [0.717, 1.165) is 24.0 Å². The molecule has 1 aromatic heterocycles. The topological polar surface area (TPSA) is 35.5 Å². The van der Waals surface area contributed by atoms with Crippen molar-refractivity contribution in [2.75, 3.05) is 26.2 Å². The van der Waals surface area contributed by atoms with Crippen molar-refractivity contribution >= 4 is 52.1 Å². The van der Waals surface area contributed by atoms with E-state index in [-0.39, 0.29) is 40.6 Å². The van der Waals surface area contributed by atoms with E-state index < -0.39 is 17.7 Å². The van der Waals surface area contributed by atoms with E-state index in [0.29, 0.717) is 13.1 Å². The van der Waals surface area contributed by atoms with Crippen molar-refractivity contribution in [1.82, 2.24) is 10.2 Å². The molecule has 1 aromatic carbocycles. The molecule has 9 heteroatoms. The van der Waals surface area contributed by atoms with Crippen molar-refractivity contribution in [2.45, 2.75) is 6.04 Å². The van der Waals surface area contributed by atoms with E-state index in [4.69, 9.17) is 0 Å². The van der Waals surface area contributed by atoms with Gasteiger partial charge in [0.15, 0.2) is 11.6 Å². The monoisotopic (exact) mass is 460 g/mol. The van der Waals surface area contributed by atoms with Crippen LogP contribution in [0.1, 0.15) is 16.5 Å². The number of nitrogens with zero attached hydrogens (tertiary/aromatic N) is 1. The predicted molar refractivity (Wildman–Crippen MR) is 101 cm³/mol. The summed E-state index contributed by atoms with van der Waals surface area (Å²) < 4.78 is 28.5. The first-order valence-electron chi connectivity index (χ1n) is 6.94. The average Bonchev–Trinajstić information content (AvgIpc) is 3.04. The molecule has 3 rings (SSSR count). The van der Waals surface area contributed by atoms with Crippen LogP contribution in [0, 0.1) is 11.6 Å². The molecule has 1 aliphatic rings. The van der Waals surface area contributed by atoms with Crippen LogP contribution in [-0.2, 0) is 0 Å². The molecule has 134 valence electrons. The van der Waals surface area contributed by atoms with Crippen molar-refractivity contribution in [3.05, 3.63) is 50.1 Å². The minimum absolute atomic E-state index is 0. The molecule has 3 nitrogen and oxygen atoms in total. The van der Waals surface area contributed by atoms with Crippen LogP contribution in [0.2, 0.25) is 0 Å². The lowest BCUT2D eigenvalue weighted by molar-refractivity contribution is 0.193. The van der Waals surface area contributed by atoms with Crippen LogP contribution in [0.15, 0.2) is 28.1 Å². The summed E-state index contributed by atoms with van der Waals surface area (Å²) in [5.41, 5.74) is -0.00350. The molecule has 1 aliphatic heterocycles. The highest BCUT2D eigenvalue weighted by atomic mass is 79.9. The largest absolute Gasteiger partial charge is 0.506 e. The minimum Gasteiger partial charge on any atom is -0.506 e. The SMILES string of the molecule is Cl.Cl.Oc1c(Br)cc(F)c(F)c1[C@H](c1cccs1)N1CCNCC1. The van der Waals surface area contributed by atoms with Crippen LogP contribution >= 0.6 is 52.1 Å². The molecule has 1 fully saturated rings. The maximum absolute atomic E-state index is 14.4. The van der Waals surface area contributed by atoms with Crippen molar-refractivity contribution in [1.29, 1.82) is 0 Å². The molecule has 0 bridgehead atoms. The number of rotatable bonds is 3. The molecule has 24 heavy (non-hydrogen) atoms. The Morgan fingerprint density at radius 3 is 2.50 bits per heavy atom. The summed E-state index contributed by atoms with van der Waals surface area (Å²) in [6.45, 7) is 2.96. The highest BCUT2D eigenvalue weighted by Gasteiger charge is 2.32. The molecular formula is C15H17BrCl2F2N2OS. The third kappa shape index (κ3) is 4.20. The standard InChI is InChI=1S/C15H15BrF2N2OS.2ClH/c16-9-8-10(17)13(18)12(15(9)21)14(11-2-1-7-22-11)20-5-3-19-4-6-20;;/h1-2,7-8,14,19,21H,3-6H2;2*1H/t14-;;/m0../s1. The zero-order valence-corrected chi connectivity index (χ0v) is 16.5. The number of phenolic OH excluding ortho intramolecular Hbond substituents is 1.